The highest BCUT2D eigenvalue weighted by Crippen LogP contribution is 2.17. The predicted octanol–water partition coefficient (Wildman–Crippen LogP) is 4.07. The van der Waals surface area contributed by atoms with Crippen LogP contribution in [0, 0.1) is 17.2 Å². The number of amides is 1. The van der Waals surface area contributed by atoms with Gasteiger partial charge in [0.1, 0.15) is 5.54 Å². The van der Waals surface area contributed by atoms with Crippen LogP contribution in [-0.4, -0.2) is 23.5 Å². The van der Waals surface area contributed by atoms with Gasteiger partial charge in [-0.1, -0.05) is 62.4 Å². The van der Waals surface area contributed by atoms with Crippen LogP contribution in [0.15, 0.2) is 54.6 Å². The van der Waals surface area contributed by atoms with Crippen molar-refractivity contribution >= 4 is 11.9 Å². The molecule has 1 N–H and O–H groups in total. The van der Waals surface area contributed by atoms with E-state index in [0.717, 1.165) is 12.0 Å². The third-order valence-corrected chi connectivity index (χ3v) is 5.19. The zero-order valence-electron chi connectivity index (χ0n) is 17.4. The second-order valence-corrected chi connectivity index (χ2v) is 7.65. The summed E-state index contributed by atoms with van der Waals surface area (Å²) in [5.41, 5.74) is 1.49. The van der Waals surface area contributed by atoms with Crippen molar-refractivity contribution in [2.24, 2.45) is 5.92 Å². The van der Waals surface area contributed by atoms with E-state index in [1.807, 2.05) is 56.3 Å². The van der Waals surface area contributed by atoms with E-state index in [-0.39, 0.29) is 5.92 Å². The van der Waals surface area contributed by atoms with Gasteiger partial charge in [0.25, 0.3) is 5.91 Å². The Kier molecular flexibility index (Phi) is 7.55. The highest BCUT2D eigenvalue weighted by Gasteiger charge is 2.32. The standard InChI is InChI=1S/C24H28N2O3/c1-17(2)24(4,16-25)26-22(27)18(3)29-23(28)21-13-9-8-12-20(21)15-14-19-10-6-5-7-11-19/h5-13,17-18H,14-15H2,1-4H3,(H,26,27). The van der Waals surface area contributed by atoms with E-state index >= 15 is 0 Å². The van der Waals surface area contributed by atoms with Crippen molar-refractivity contribution in [3.63, 3.8) is 0 Å². The van der Waals surface area contributed by atoms with Crippen molar-refractivity contribution < 1.29 is 14.3 Å². The van der Waals surface area contributed by atoms with E-state index < -0.39 is 23.5 Å². The third kappa shape index (κ3) is 5.92. The average molecular weight is 392 g/mol. The molecule has 152 valence electrons. The van der Waals surface area contributed by atoms with E-state index in [0.29, 0.717) is 12.0 Å². The van der Waals surface area contributed by atoms with Gasteiger partial charge in [0.15, 0.2) is 6.10 Å². The number of hydrogen-bond acceptors (Lipinski definition) is 4. The molecule has 0 radical (unpaired) electrons. The van der Waals surface area contributed by atoms with E-state index in [4.69, 9.17) is 4.74 Å². The monoisotopic (exact) mass is 392 g/mol. The van der Waals surface area contributed by atoms with Crippen molar-refractivity contribution in [3.05, 3.63) is 71.3 Å². The van der Waals surface area contributed by atoms with Crippen molar-refractivity contribution in [2.75, 3.05) is 0 Å². The molecule has 0 aliphatic heterocycles. The van der Waals surface area contributed by atoms with E-state index in [2.05, 4.69) is 11.4 Å². The smallest absolute Gasteiger partial charge is 0.339 e. The fourth-order valence-electron chi connectivity index (χ4n) is 2.80. The van der Waals surface area contributed by atoms with Gasteiger partial charge in [-0.3, -0.25) is 4.79 Å². The van der Waals surface area contributed by atoms with Gasteiger partial charge < -0.3 is 10.1 Å². The maximum atomic E-state index is 12.7. The molecule has 0 heterocycles. The van der Waals surface area contributed by atoms with Gasteiger partial charge in [-0.15, -0.1) is 0 Å². The van der Waals surface area contributed by atoms with Crippen LogP contribution in [0.1, 0.15) is 49.2 Å². The average Bonchev–Trinajstić information content (AvgIpc) is 2.72. The van der Waals surface area contributed by atoms with Crippen LogP contribution in [-0.2, 0) is 22.4 Å². The zero-order valence-corrected chi connectivity index (χ0v) is 17.4. The number of carbonyl (C=O) groups is 2. The minimum Gasteiger partial charge on any atom is -0.449 e. The number of benzene rings is 2. The first-order valence-corrected chi connectivity index (χ1v) is 9.83. The van der Waals surface area contributed by atoms with E-state index in [1.165, 1.54) is 12.5 Å². The highest BCUT2D eigenvalue weighted by molar-refractivity contribution is 5.93. The van der Waals surface area contributed by atoms with Gasteiger partial charge in [0, 0.05) is 0 Å². The number of ether oxygens (including phenoxy) is 1. The van der Waals surface area contributed by atoms with Crippen molar-refractivity contribution in [3.8, 4) is 6.07 Å². The molecule has 29 heavy (non-hydrogen) atoms. The summed E-state index contributed by atoms with van der Waals surface area (Å²) in [5.74, 6) is -1.12. The molecule has 0 aliphatic carbocycles. The predicted molar refractivity (Wildman–Crippen MR) is 112 cm³/mol. The molecule has 2 unspecified atom stereocenters. The third-order valence-electron chi connectivity index (χ3n) is 5.19. The molecule has 2 aromatic carbocycles. The van der Waals surface area contributed by atoms with Gasteiger partial charge in [-0.25, -0.2) is 4.79 Å². The second kappa shape index (κ2) is 9.88. The Morgan fingerprint density at radius 1 is 1.03 bits per heavy atom. The summed E-state index contributed by atoms with van der Waals surface area (Å²) >= 11 is 0. The first-order valence-electron chi connectivity index (χ1n) is 9.83. The lowest BCUT2D eigenvalue weighted by Crippen LogP contribution is -2.52. The molecular formula is C24H28N2O3. The molecule has 0 aromatic heterocycles. The van der Waals surface area contributed by atoms with Crippen LogP contribution in [0.3, 0.4) is 0 Å². The maximum Gasteiger partial charge on any atom is 0.339 e. The van der Waals surface area contributed by atoms with Crippen LogP contribution >= 0.6 is 0 Å². The molecule has 2 rings (SSSR count). The van der Waals surface area contributed by atoms with Crippen LogP contribution in [0.2, 0.25) is 0 Å². The molecule has 0 bridgehead atoms. The lowest BCUT2D eigenvalue weighted by atomic mass is 9.90. The Labute approximate surface area is 172 Å². The Hall–Kier alpha value is -3.13. The fraction of sp³-hybridized carbons (Fsp3) is 0.375. The summed E-state index contributed by atoms with van der Waals surface area (Å²) in [4.78, 5) is 25.1. The van der Waals surface area contributed by atoms with Gasteiger partial charge in [-0.2, -0.15) is 5.26 Å². The summed E-state index contributed by atoms with van der Waals surface area (Å²) in [5, 5.41) is 12.0. The molecule has 1 amide bonds. The molecule has 2 atom stereocenters. The molecule has 0 fully saturated rings. The summed E-state index contributed by atoms with van der Waals surface area (Å²) in [6.45, 7) is 6.87. The number of nitriles is 1. The van der Waals surface area contributed by atoms with E-state index in [1.54, 1.807) is 19.1 Å². The quantitative estimate of drug-likeness (QED) is 0.687. The number of esters is 1. The molecule has 5 heteroatoms. The molecule has 0 aliphatic rings. The Morgan fingerprint density at radius 3 is 2.28 bits per heavy atom. The van der Waals surface area contributed by atoms with Crippen LogP contribution in [0.5, 0.6) is 0 Å². The number of aryl methyl sites for hydroxylation is 2. The fourth-order valence-corrected chi connectivity index (χ4v) is 2.80. The van der Waals surface area contributed by atoms with Crippen LogP contribution < -0.4 is 5.32 Å². The molecular weight excluding hydrogens is 364 g/mol. The Bertz CT molecular complexity index is 886. The molecule has 0 saturated carbocycles. The number of nitrogens with zero attached hydrogens (tertiary/aromatic N) is 1. The SMILES string of the molecule is CC(OC(=O)c1ccccc1CCc1ccccc1)C(=O)NC(C)(C#N)C(C)C. The number of hydrogen-bond donors (Lipinski definition) is 1. The normalized spacial score (nSPS) is 13.8. The minimum absolute atomic E-state index is 0.0851. The molecule has 5 nitrogen and oxygen atoms in total. The Balaban J connectivity index is 2.05. The van der Waals surface area contributed by atoms with Gasteiger partial charge in [0.2, 0.25) is 0 Å². The zero-order chi connectivity index (χ0) is 21.4. The van der Waals surface area contributed by atoms with Crippen molar-refractivity contribution in [1.82, 2.24) is 5.32 Å². The van der Waals surface area contributed by atoms with Crippen molar-refractivity contribution in [1.29, 1.82) is 5.26 Å². The topological polar surface area (TPSA) is 79.2 Å². The summed E-state index contributed by atoms with van der Waals surface area (Å²) in [6.07, 6.45) is 0.488. The molecule has 2 aromatic rings. The molecule has 0 saturated heterocycles. The number of carbonyl (C=O) groups excluding carboxylic acids is 2. The second-order valence-electron chi connectivity index (χ2n) is 7.65. The molecule has 0 spiro atoms. The van der Waals surface area contributed by atoms with Gasteiger partial charge >= 0.3 is 5.97 Å². The van der Waals surface area contributed by atoms with Crippen LogP contribution in [0.25, 0.3) is 0 Å². The summed E-state index contributed by atoms with van der Waals surface area (Å²) in [7, 11) is 0. The largest absolute Gasteiger partial charge is 0.449 e. The lowest BCUT2D eigenvalue weighted by Gasteiger charge is -2.28. The minimum atomic E-state index is -1.02. The number of rotatable bonds is 8. The maximum absolute atomic E-state index is 12.7. The van der Waals surface area contributed by atoms with E-state index in [9.17, 15) is 14.9 Å². The Morgan fingerprint density at radius 2 is 1.66 bits per heavy atom. The summed E-state index contributed by atoms with van der Waals surface area (Å²) < 4.78 is 5.40. The first-order chi connectivity index (χ1) is 13.8. The van der Waals surface area contributed by atoms with Gasteiger partial charge in [0.05, 0.1) is 11.6 Å². The van der Waals surface area contributed by atoms with Crippen LogP contribution in [0.4, 0.5) is 0 Å². The first kappa shape index (κ1) is 22.2. The summed E-state index contributed by atoms with van der Waals surface area (Å²) in [6, 6.07) is 19.4. The lowest BCUT2D eigenvalue weighted by molar-refractivity contribution is -0.130. The van der Waals surface area contributed by atoms with Crippen molar-refractivity contribution in [2.45, 2.75) is 52.2 Å². The highest BCUT2D eigenvalue weighted by atomic mass is 16.5. The number of nitrogens with one attached hydrogen (secondary N) is 1. The van der Waals surface area contributed by atoms with Gasteiger partial charge in [-0.05, 0) is 49.8 Å².